The van der Waals surface area contributed by atoms with E-state index in [0.29, 0.717) is 24.4 Å². The molecule has 5 N–H and O–H groups in total. The largest absolute Gasteiger partial charge is 0.493 e. The minimum atomic E-state index is -1.15. The molecular weight excluding hydrogens is 544 g/mol. The first kappa shape index (κ1) is 31.2. The van der Waals surface area contributed by atoms with Crippen LogP contribution in [0.3, 0.4) is 0 Å². The van der Waals surface area contributed by atoms with Crippen LogP contribution in [-0.4, -0.2) is 63.8 Å². The van der Waals surface area contributed by atoms with E-state index in [4.69, 9.17) is 15.9 Å². The summed E-state index contributed by atoms with van der Waals surface area (Å²) >= 11 is 0. The molecule has 0 amide bonds. The quantitative estimate of drug-likeness (QED) is 0.134. The summed E-state index contributed by atoms with van der Waals surface area (Å²) in [5.41, 5.74) is 8.76. The molecule has 1 atom stereocenters. The second-order valence-electron chi connectivity index (χ2n) is 11.9. The number of aromatic nitrogens is 3. The molecule has 1 aromatic heterocycles. The molecule has 0 bridgehead atoms. The maximum absolute atomic E-state index is 13.2. The lowest BCUT2D eigenvalue weighted by Gasteiger charge is -2.28. The number of carboxylic acid groups (broad SMARTS) is 1. The molecule has 4 aromatic rings. The van der Waals surface area contributed by atoms with E-state index in [2.05, 4.69) is 41.8 Å². The van der Waals surface area contributed by atoms with Crippen LogP contribution >= 0.6 is 0 Å². The molecule has 0 spiro atoms. The van der Waals surface area contributed by atoms with E-state index in [1.54, 1.807) is 30.3 Å². The number of H-pyrrole nitrogens is 1. The first-order chi connectivity index (χ1) is 20.4. The minimum absolute atomic E-state index is 0.0158. The van der Waals surface area contributed by atoms with Gasteiger partial charge in [-0.05, 0) is 67.9 Å². The summed E-state index contributed by atoms with van der Waals surface area (Å²) in [5.74, 6) is -0.427. The molecular formula is C33H40N6O4. The van der Waals surface area contributed by atoms with Crippen LogP contribution in [0.2, 0.25) is 0 Å². The Kier molecular flexibility index (Phi) is 9.50. The van der Waals surface area contributed by atoms with E-state index >= 15 is 0 Å². The number of nitrogens with one attached hydrogen (secondary N) is 2. The Hall–Kier alpha value is -4.70. The van der Waals surface area contributed by atoms with Gasteiger partial charge in [0, 0.05) is 23.4 Å². The summed E-state index contributed by atoms with van der Waals surface area (Å²) in [6.07, 6.45) is 1.26. The highest BCUT2D eigenvalue weighted by atomic mass is 16.5. The Balaban J connectivity index is 1.79. The molecule has 1 unspecified atom stereocenters. The number of amidine groups is 1. The van der Waals surface area contributed by atoms with Gasteiger partial charge in [0.05, 0.1) is 17.9 Å². The van der Waals surface area contributed by atoms with Crippen LogP contribution in [0, 0.1) is 10.8 Å². The zero-order chi connectivity index (χ0) is 31.3. The van der Waals surface area contributed by atoms with Gasteiger partial charge in [-0.25, -0.2) is 9.59 Å². The van der Waals surface area contributed by atoms with Crippen LogP contribution in [0.4, 0.5) is 0 Å². The molecule has 0 aliphatic carbocycles. The minimum Gasteiger partial charge on any atom is -0.493 e. The average Bonchev–Trinajstić information content (AvgIpc) is 3.35. The number of aromatic amines is 1. The van der Waals surface area contributed by atoms with Gasteiger partial charge in [0.2, 0.25) is 0 Å². The number of ether oxygens (including phenoxy) is 1. The van der Waals surface area contributed by atoms with Crippen LogP contribution < -0.4 is 16.2 Å². The van der Waals surface area contributed by atoms with Crippen molar-refractivity contribution in [1.82, 2.24) is 19.7 Å². The second kappa shape index (κ2) is 13.1. The van der Waals surface area contributed by atoms with Crippen LogP contribution in [0.1, 0.15) is 65.1 Å². The third-order valence-electron chi connectivity index (χ3n) is 7.21. The van der Waals surface area contributed by atoms with Crippen molar-refractivity contribution in [3.63, 3.8) is 0 Å². The lowest BCUT2D eigenvalue weighted by atomic mass is 9.89. The summed E-state index contributed by atoms with van der Waals surface area (Å²) in [6.45, 7) is 7.79. The number of aromatic carboxylic acids is 1. The van der Waals surface area contributed by atoms with Gasteiger partial charge in [-0.1, -0.05) is 63.2 Å². The molecule has 0 radical (unpaired) electrons. The Morgan fingerprint density at radius 2 is 1.81 bits per heavy atom. The highest BCUT2D eigenvalue weighted by molar-refractivity contribution is 5.94. The van der Waals surface area contributed by atoms with Crippen molar-refractivity contribution in [3.8, 4) is 11.4 Å². The van der Waals surface area contributed by atoms with Crippen molar-refractivity contribution in [1.29, 1.82) is 5.41 Å². The fourth-order valence-corrected chi connectivity index (χ4v) is 5.28. The van der Waals surface area contributed by atoms with E-state index < -0.39 is 17.6 Å². The van der Waals surface area contributed by atoms with Gasteiger partial charge < -0.3 is 20.5 Å². The van der Waals surface area contributed by atoms with Crippen LogP contribution in [0.25, 0.3) is 5.69 Å². The molecule has 1 heterocycles. The standard InChI is InChI=1S/C33H40N6O4/c1-6-21-15-24(18-25(16-21)43-20-33(2,3)19-38(4)5)27(17-22-11-13-23(14-12-22)29(34)35)30-36-32(42)39(37-30)28-10-8-7-9-26(28)31(40)41/h7-16,18,27H,6,17,19-20H2,1-5H3,(H3,34,35)(H,40,41)(H,36,37,42). The second-order valence-corrected chi connectivity index (χ2v) is 11.9. The normalized spacial score (nSPS) is 12.3. The molecule has 10 heteroatoms. The molecule has 0 fully saturated rings. The van der Waals surface area contributed by atoms with Gasteiger partial charge in [0.25, 0.3) is 0 Å². The van der Waals surface area contributed by atoms with Gasteiger partial charge in [-0.3, -0.25) is 10.4 Å². The number of carbonyl (C=O) groups is 1. The number of benzene rings is 3. The van der Waals surface area contributed by atoms with Gasteiger partial charge in [-0.15, -0.1) is 5.10 Å². The first-order valence-electron chi connectivity index (χ1n) is 14.2. The predicted molar refractivity (Wildman–Crippen MR) is 168 cm³/mol. The number of rotatable bonds is 13. The first-order valence-corrected chi connectivity index (χ1v) is 14.2. The van der Waals surface area contributed by atoms with E-state index in [9.17, 15) is 14.7 Å². The van der Waals surface area contributed by atoms with Crippen molar-refractivity contribution < 1.29 is 14.6 Å². The number of carboxylic acids is 1. The smallest absolute Gasteiger partial charge is 0.348 e. The highest BCUT2D eigenvalue weighted by Crippen LogP contribution is 2.31. The summed E-state index contributed by atoms with van der Waals surface area (Å²) in [7, 11) is 4.08. The van der Waals surface area contributed by atoms with Crippen molar-refractivity contribution >= 4 is 11.8 Å². The number of nitrogens with zero attached hydrogens (tertiary/aromatic N) is 3. The zero-order valence-corrected chi connectivity index (χ0v) is 25.3. The highest BCUT2D eigenvalue weighted by Gasteiger charge is 2.25. The molecule has 0 saturated carbocycles. The van der Waals surface area contributed by atoms with Crippen molar-refractivity contribution in [3.05, 3.63) is 111 Å². The van der Waals surface area contributed by atoms with E-state index in [1.165, 1.54) is 6.07 Å². The van der Waals surface area contributed by atoms with E-state index in [-0.39, 0.29) is 22.5 Å². The maximum atomic E-state index is 13.2. The van der Waals surface area contributed by atoms with E-state index in [1.807, 2.05) is 38.4 Å². The number of hydrogen-bond donors (Lipinski definition) is 4. The number of hydrogen-bond acceptors (Lipinski definition) is 6. The Morgan fingerprint density at radius 3 is 2.44 bits per heavy atom. The monoisotopic (exact) mass is 584 g/mol. The molecule has 4 rings (SSSR count). The molecule has 3 aromatic carbocycles. The number of para-hydroxylation sites is 1. The van der Waals surface area contributed by atoms with Gasteiger partial charge in [0.15, 0.2) is 0 Å². The molecule has 43 heavy (non-hydrogen) atoms. The van der Waals surface area contributed by atoms with Crippen molar-refractivity contribution in [2.24, 2.45) is 11.1 Å². The third kappa shape index (κ3) is 7.78. The van der Waals surface area contributed by atoms with Gasteiger partial charge in [-0.2, -0.15) is 4.68 Å². The number of nitrogens with two attached hydrogens (primary N) is 1. The Bertz CT molecular complexity index is 1650. The predicted octanol–water partition coefficient (Wildman–Crippen LogP) is 4.45. The fraction of sp³-hybridized carbons (Fsp3) is 0.333. The van der Waals surface area contributed by atoms with Crippen LogP contribution in [-0.2, 0) is 12.8 Å². The number of aryl methyl sites for hydroxylation is 1. The molecule has 0 saturated heterocycles. The lowest BCUT2D eigenvalue weighted by molar-refractivity contribution is 0.0696. The van der Waals surface area contributed by atoms with Crippen molar-refractivity contribution in [2.45, 2.75) is 39.5 Å². The molecule has 10 nitrogen and oxygen atoms in total. The van der Waals surface area contributed by atoms with Gasteiger partial charge in [0.1, 0.15) is 17.4 Å². The topological polar surface area (TPSA) is 150 Å². The fourth-order valence-electron chi connectivity index (χ4n) is 5.28. The van der Waals surface area contributed by atoms with Crippen LogP contribution in [0.15, 0.2) is 71.5 Å². The Labute approximate surface area is 251 Å². The molecule has 0 aliphatic rings. The van der Waals surface area contributed by atoms with Crippen LogP contribution in [0.5, 0.6) is 5.75 Å². The van der Waals surface area contributed by atoms with E-state index in [0.717, 1.165) is 40.1 Å². The summed E-state index contributed by atoms with van der Waals surface area (Å²) in [6, 6.07) is 19.8. The SMILES string of the molecule is CCc1cc(OCC(C)(C)CN(C)C)cc(C(Cc2ccc(C(=N)N)cc2)c2nn(-c3ccccc3C(=O)O)c(=O)[nH]2)c1. The van der Waals surface area contributed by atoms with Gasteiger partial charge >= 0.3 is 11.7 Å². The lowest BCUT2D eigenvalue weighted by Crippen LogP contribution is -2.33. The maximum Gasteiger partial charge on any atom is 0.348 e. The van der Waals surface area contributed by atoms with Crippen molar-refractivity contribution in [2.75, 3.05) is 27.2 Å². The average molecular weight is 585 g/mol. The molecule has 0 aliphatic heterocycles. The zero-order valence-electron chi connectivity index (χ0n) is 25.3. The Morgan fingerprint density at radius 1 is 1.12 bits per heavy atom. The summed E-state index contributed by atoms with van der Waals surface area (Å²) in [4.78, 5) is 30.1. The molecule has 226 valence electrons. The summed E-state index contributed by atoms with van der Waals surface area (Å²) in [5, 5.41) is 22.1. The summed E-state index contributed by atoms with van der Waals surface area (Å²) < 4.78 is 7.45. The third-order valence-corrected chi connectivity index (χ3v) is 7.21. The number of nitrogen functional groups attached to an aromatic ring is 1.